The molecule has 0 fully saturated rings. The molecule has 0 unspecified atom stereocenters. The molecule has 1 heterocycles. The molecule has 0 saturated heterocycles. The van der Waals surface area contributed by atoms with Gasteiger partial charge in [0, 0.05) is 18.2 Å². The van der Waals surface area contributed by atoms with Crippen LogP contribution < -0.4 is 0 Å². The van der Waals surface area contributed by atoms with Crippen LogP contribution in [0.15, 0.2) is 18.2 Å². The van der Waals surface area contributed by atoms with Crippen LogP contribution in [0.25, 0.3) is 0 Å². The Morgan fingerprint density at radius 1 is 1.27 bits per heavy atom. The van der Waals surface area contributed by atoms with Gasteiger partial charge in [-0.1, -0.05) is 17.7 Å². The summed E-state index contributed by atoms with van der Waals surface area (Å²) in [5.74, 6) is 0.258. The van der Waals surface area contributed by atoms with E-state index in [1.807, 2.05) is 13.0 Å². The predicted octanol–water partition coefficient (Wildman–Crippen LogP) is 2.40. The third-order valence-electron chi connectivity index (χ3n) is 3.02. The van der Waals surface area contributed by atoms with E-state index in [9.17, 15) is 4.79 Å². The van der Waals surface area contributed by atoms with Crippen LogP contribution in [-0.2, 0) is 6.54 Å². The van der Waals surface area contributed by atoms with Crippen molar-refractivity contribution >= 4 is 5.78 Å². The van der Waals surface area contributed by atoms with Gasteiger partial charge in [-0.05, 0) is 32.4 Å². The summed E-state index contributed by atoms with van der Waals surface area (Å²) in [6.45, 7) is 7.76. The molecule has 0 atom stereocenters. The third-order valence-corrected chi connectivity index (χ3v) is 3.02. The van der Waals surface area contributed by atoms with Crippen LogP contribution in [0.3, 0.4) is 0 Å². The fourth-order valence-corrected chi connectivity index (χ4v) is 2.00. The molecule has 2 nitrogen and oxygen atoms in total. The van der Waals surface area contributed by atoms with Gasteiger partial charge in [-0.25, -0.2) is 0 Å². The SMILES string of the molecule is Cc1ccc2c(c1)C(=O)CN(C(C)C)C2. The molecule has 0 N–H and O–H groups in total. The quantitative estimate of drug-likeness (QED) is 0.698. The van der Waals surface area contributed by atoms with Crippen LogP contribution >= 0.6 is 0 Å². The van der Waals surface area contributed by atoms with Crippen LogP contribution in [0, 0.1) is 6.92 Å². The fourth-order valence-electron chi connectivity index (χ4n) is 2.00. The molecule has 0 amide bonds. The van der Waals surface area contributed by atoms with E-state index in [2.05, 4.69) is 30.9 Å². The van der Waals surface area contributed by atoms with E-state index in [1.165, 1.54) is 11.1 Å². The van der Waals surface area contributed by atoms with Gasteiger partial charge in [-0.15, -0.1) is 0 Å². The van der Waals surface area contributed by atoms with Gasteiger partial charge in [0.25, 0.3) is 0 Å². The van der Waals surface area contributed by atoms with Gasteiger partial charge in [0.15, 0.2) is 5.78 Å². The highest BCUT2D eigenvalue weighted by atomic mass is 16.1. The number of nitrogens with zero attached hydrogens (tertiary/aromatic N) is 1. The first-order valence-corrected chi connectivity index (χ1v) is 5.44. The first kappa shape index (κ1) is 10.4. The molecule has 1 aliphatic rings. The maximum Gasteiger partial charge on any atom is 0.177 e. The van der Waals surface area contributed by atoms with Gasteiger partial charge in [0.1, 0.15) is 0 Å². The first-order valence-electron chi connectivity index (χ1n) is 5.44. The second-order valence-electron chi connectivity index (χ2n) is 4.58. The van der Waals surface area contributed by atoms with Crippen molar-refractivity contribution in [3.05, 3.63) is 34.9 Å². The number of fused-ring (bicyclic) bond motifs is 1. The number of ketones is 1. The molecule has 1 aromatic rings. The average Bonchev–Trinajstić information content (AvgIpc) is 2.18. The number of rotatable bonds is 1. The zero-order valence-electron chi connectivity index (χ0n) is 9.58. The highest BCUT2D eigenvalue weighted by molar-refractivity contribution is 6.00. The Labute approximate surface area is 90.9 Å². The molecule has 80 valence electrons. The second-order valence-corrected chi connectivity index (χ2v) is 4.58. The highest BCUT2D eigenvalue weighted by Gasteiger charge is 2.24. The number of hydrogen-bond acceptors (Lipinski definition) is 2. The Hall–Kier alpha value is -1.15. The Kier molecular flexibility index (Phi) is 2.61. The van der Waals surface area contributed by atoms with Crippen molar-refractivity contribution in [2.45, 2.75) is 33.4 Å². The number of carbonyl (C=O) groups excluding carboxylic acids is 1. The zero-order valence-corrected chi connectivity index (χ0v) is 9.58. The number of benzene rings is 1. The zero-order chi connectivity index (χ0) is 11.0. The van der Waals surface area contributed by atoms with Gasteiger partial charge >= 0.3 is 0 Å². The molecular formula is C13H17NO. The van der Waals surface area contributed by atoms with E-state index in [0.717, 1.165) is 12.1 Å². The Morgan fingerprint density at radius 2 is 2.00 bits per heavy atom. The van der Waals surface area contributed by atoms with E-state index >= 15 is 0 Å². The lowest BCUT2D eigenvalue weighted by Gasteiger charge is -2.30. The summed E-state index contributed by atoms with van der Waals surface area (Å²) in [4.78, 5) is 14.1. The van der Waals surface area contributed by atoms with Gasteiger partial charge in [0.05, 0.1) is 6.54 Å². The molecule has 1 aliphatic heterocycles. The lowest BCUT2D eigenvalue weighted by atomic mass is 9.96. The predicted molar refractivity (Wildman–Crippen MR) is 61.1 cm³/mol. The van der Waals surface area contributed by atoms with Crippen molar-refractivity contribution in [2.75, 3.05) is 6.54 Å². The molecule has 0 bridgehead atoms. The molecule has 0 aromatic heterocycles. The van der Waals surface area contributed by atoms with Crippen molar-refractivity contribution < 1.29 is 4.79 Å². The summed E-state index contributed by atoms with van der Waals surface area (Å²) in [6, 6.07) is 6.60. The maximum absolute atomic E-state index is 11.9. The van der Waals surface area contributed by atoms with Crippen LogP contribution in [0.5, 0.6) is 0 Å². The summed E-state index contributed by atoms with van der Waals surface area (Å²) in [7, 11) is 0. The van der Waals surface area contributed by atoms with Crippen molar-refractivity contribution in [1.29, 1.82) is 0 Å². The van der Waals surface area contributed by atoms with Gasteiger partial charge in [-0.3, -0.25) is 9.69 Å². The van der Waals surface area contributed by atoms with Gasteiger partial charge < -0.3 is 0 Å². The summed E-state index contributed by atoms with van der Waals surface area (Å²) in [5.41, 5.74) is 3.26. The van der Waals surface area contributed by atoms with Crippen molar-refractivity contribution in [3.8, 4) is 0 Å². The Bertz CT molecular complexity index is 396. The minimum absolute atomic E-state index is 0.258. The van der Waals surface area contributed by atoms with Crippen molar-refractivity contribution in [2.24, 2.45) is 0 Å². The van der Waals surface area contributed by atoms with Crippen molar-refractivity contribution in [3.63, 3.8) is 0 Å². The smallest absolute Gasteiger partial charge is 0.177 e. The maximum atomic E-state index is 11.9. The minimum Gasteiger partial charge on any atom is -0.293 e. The lowest BCUT2D eigenvalue weighted by Crippen LogP contribution is -2.39. The lowest BCUT2D eigenvalue weighted by molar-refractivity contribution is 0.0868. The largest absolute Gasteiger partial charge is 0.293 e. The topological polar surface area (TPSA) is 20.3 Å². The standard InChI is InChI=1S/C13H17NO/c1-9(2)14-7-11-5-4-10(3)6-12(11)13(15)8-14/h4-6,9H,7-8H2,1-3H3. The molecule has 1 aromatic carbocycles. The minimum atomic E-state index is 0.258. The van der Waals surface area contributed by atoms with Gasteiger partial charge in [0.2, 0.25) is 0 Å². The van der Waals surface area contributed by atoms with Gasteiger partial charge in [-0.2, -0.15) is 0 Å². The van der Waals surface area contributed by atoms with E-state index in [1.54, 1.807) is 0 Å². The van der Waals surface area contributed by atoms with E-state index in [0.29, 0.717) is 12.6 Å². The summed E-state index contributed by atoms with van der Waals surface area (Å²) in [5, 5.41) is 0. The molecule has 0 aliphatic carbocycles. The third kappa shape index (κ3) is 1.95. The molecule has 15 heavy (non-hydrogen) atoms. The first-order chi connectivity index (χ1) is 7.08. The summed E-state index contributed by atoms with van der Waals surface area (Å²) >= 11 is 0. The van der Waals surface area contributed by atoms with Crippen molar-refractivity contribution in [1.82, 2.24) is 4.90 Å². The molecule has 0 radical (unpaired) electrons. The number of carbonyl (C=O) groups is 1. The van der Waals surface area contributed by atoms with Crippen LogP contribution in [0.2, 0.25) is 0 Å². The highest BCUT2D eigenvalue weighted by Crippen LogP contribution is 2.21. The molecule has 2 heteroatoms. The Balaban J connectivity index is 2.37. The van der Waals surface area contributed by atoms with E-state index in [4.69, 9.17) is 0 Å². The van der Waals surface area contributed by atoms with E-state index < -0.39 is 0 Å². The molecule has 0 spiro atoms. The summed E-state index contributed by atoms with van der Waals surface area (Å²) < 4.78 is 0. The molecule has 2 rings (SSSR count). The van der Waals surface area contributed by atoms with E-state index in [-0.39, 0.29) is 5.78 Å². The number of Topliss-reactive ketones (excluding diaryl/α,β-unsaturated/α-hetero) is 1. The second kappa shape index (κ2) is 3.78. The summed E-state index contributed by atoms with van der Waals surface area (Å²) in [6.07, 6.45) is 0. The van der Waals surface area contributed by atoms with Crippen LogP contribution in [0.1, 0.15) is 35.3 Å². The average molecular weight is 203 g/mol. The number of hydrogen-bond donors (Lipinski definition) is 0. The molecular weight excluding hydrogens is 186 g/mol. The monoisotopic (exact) mass is 203 g/mol. The molecule has 0 saturated carbocycles. The van der Waals surface area contributed by atoms with Crippen LogP contribution in [0.4, 0.5) is 0 Å². The fraction of sp³-hybridized carbons (Fsp3) is 0.462. The normalized spacial score (nSPS) is 16.9. The van der Waals surface area contributed by atoms with Crippen LogP contribution in [-0.4, -0.2) is 23.3 Å². The number of aryl methyl sites for hydroxylation is 1. The Morgan fingerprint density at radius 3 is 2.67 bits per heavy atom.